The maximum atomic E-state index is 12.6. The molecule has 2 aromatic carbocycles. The molecule has 20 heavy (non-hydrogen) atoms. The minimum Gasteiger partial charge on any atom is -0.478 e. The van der Waals surface area contributed by atoms with Crippen molar-refractivity contribution in [1.82, 2.24) is 0 Å². The van der Waals surface area contributed by atoms with Gasteiger partial charge < -0.3 is 10.0 Å². The number of amides is 1. The molecule has 0 saturated heterocycles. The van der Waals surface area contributed by atoms with Gasteiger partial charge in [0.05, 0.1) is 17.2 Å². The van der Waals surface area contributed by atoms with Crippen LogP contribution >= 0.6 is 0 Å². The minimum atomic E-state index is -1.07. The summed E-state index contributed by atoms with van der Waals surface area (Å²) in [6.45, 7) is 1.91. The number of carbonyl (C=O) groups is 2. The number of benzene rings is 2. The van der Waals surface area contributed by atoms with Crippen LogP contribution in [0.25, 0.3) is 0 Å². The summed E-state index contributed by atoms with van der Waals surface area (Å²) in [5.74, 6) is -1.32. The third-order valence-corrected chi connectivity index (χ3v) is 3.63. The fourth-order valence-corrected chi connectivity index (χ4v) is 2.70. The van der Waals surface area contributed by atoms with Crippen molar-refractivity contribution in [3.8, 4) is 0 Å². The summed E-state index contributed by atoms with van der Waals surface area (Å²) in [6.07, 6.45) is 0. The highest BCUT2D eigenvalue weighted by Gasteiger charge is 2.37. The van der Waals surface area contributed by atoms with Gasteiger partial charge in [-0.3, -0.25) is 4.79 Å². The van der Waals surface area contributed by atoms with E-state index in [9.17, 15) is 14.7 Å². The lowest BCUT2D eigenvalue weighted by Gasteiger charge is -2.21. The Morgan fingerprint density at radius 3 is 2.45 bits per heavy atom. The SMILES string of the molecule is CC1c2cccc(C(=O)O)c2C(=O)N1c1ccccc1. The molecule has 1 unspecified atom stereocenters. The molecule has 4 heteroatoms. The van der Waals surface area contributed by atoms with Gasteiger partial charge in [-0.25, -0.2) is 4.79 Å². The van der Waals surface area contributed by atoms with E-state index in [0.717, 1.165) is 11.3 Å². The number of carbonyl (C=O) groups excluding carboxylic acids is 1. The van der Waals surface area contributed by atoms with Gasteiger partial charge in [0.1, 0.15) is 0 Å². The lowest BCUT2D eigenvalue weighted by Crippen LogP contribution is -2.26. The van der Waals surface area contributed by atoms with E-state index in [-0.39, 0.29) is 17.5 Å². The van der Waals surface area contributed by atoms with Crippen LogP contribution in [0.3, 0.4) is 0 Å². The Bertz CT molecular complexity index is 694. The molecular formula is C16H13NO3. The third-order valence-electron chi connectivity index (χ3n) is 3.63. The van der Waals surface area contributed by atoms with Crippen molar-refractivity contribution in [2.45, 2.75) is 13.0 Å². The fourth-order valence-electron chi connectivity index (χ4n) is 2.70. The van der Waals surface area contributed by atoms with E-state index in [1.807, 2.05) is 43.3 Å². The Kier molecular flexibility index (Phi) is 2.79. The molecule has 3 rings (SSSR count). The van der Waals surface area contributed by atoms with Gasteiger partial charge in [0.15, 0.2) is 0 Å². The first-order chi connectivity index (χ1) is 9.61. The lowest BCUT2D eigenvalue weighted by atomic mass is 10.0. The molecule has 1 aliphatic rings. The van der Waals surface area contributed by atoms with E-state index in [4.69, 9.17) is 0 Å². The molecule has 0 bridgehead atoms. The Morgan fingerprint density at radius 2 is 1.80 bits per heavy atom. The molecule has 100 valence electrons. The van der Waals surface area contributed by atoms with Crippen molar-refractivity contribution < 1.29 is 14.7 Å². The van der Waals surface area contributed by atoms with Gasteiger partial charge in [-0.1, -0.05) is 30.3 Å². The van der Waals surface area contributed by atoms with Crippen LogP contribution in [0.5, 0.6) is 0 Å². The molecule has 0 radical (unpaired) electrons. The number of nitrogens with zero attached hydrogens (tertiary/aromatic N) is 1. The van der Waals surface area contributed by atoms with Crippen LogP contribution in [0.2, 0.25) is 0 Å². The standard InChI is InChI=1S/C16H13NO3/c1-10-12-8-5-9-13(16(19)20)14(12)15(18)17(10)11-6-3-2-4-7-11/h2-10H,1H3,(H,19,20). The van der Waals surface area contributed by atoms with Gasteiger partial charge in [0.2, 0.25) is 0 Å². The quantitative estimate of drug-likeness (QED) is 0.909. The molecule has 4 nitrogen and oxygen atoms in total. The van der Waals surface area contributed by atoms with Crippen LogP contribution in [-0.2, 0) is 0 Å². The first-order valence-corrected chi connectivity index (χ1v) is 6.36. The van der Waals surface area contributed by atoms with Crippen LogP contribution in [0, 0.1) is 0 Å². The summed E-state index contributed by atoms with van der Waals surface area (Å²) in [5, 5.41) is 9.24. The largest absolute Gasteiger partial charge is 0.478 e. The highest BCUT2D eigenvalue weighted by atomic mass is 16.4. The summed E-state index contributed by atoms with van der Waals surface area (Å²) in [4.78, 5) is 25.5. The smallest absolute Gasteiger partial charge is 0.336 e. The Morgan fingerprint density at radius 1 is 1.10 bits per heavy atom. The molecule has 0 fully saturated rings. The van der Waals surface area contributed by atoms with Crippen LogP contribution in [0.4, 0.5) is 5.69 Å². The third kappa shape index (κ3) is 1.69. The molecule has 0 spiro atoms. The van der Waals surface area contributed by atoms with Gasteiger partial charge in [0.25, 0.3) is 5.91 Å². The summed E-state index contributed by atoms with van der Waals surface area (Å²) in [5.41, 5.74) is 1.91. The molecule has 2 aromatic rings. The summed E-state index contributed by atoms with van der Waals surface area (Å²) >= 11 is 0. The van der Waals surface area contributed by atoms with Crippen molar-refractivity contribution in [2.24, 2.45) is 0 Å². The Hall–Kier alpha value is -2.62. The van der Waals surface area contributed by atoms with E-state index < -0.39 is 5.97 Å². The maximum absolute atomic E-state index is 12.6. The molecular weight excluding hydrogens is 254 g/mol. The monoisotopic (exact) mass is 267 g/mol. The van der Waals surface area contributed by atoms with Gasteiger partial charge in [-0.2, -0.15) is 0 Å². The van der Waals surface area contributed by atoms with E-state index in [1.54, 1.807) is 11.0 Å². The average Bonchev–Trinajstić information content (AvgIpc) is 2.72. The average molecular weight is 267 g/mol. The zero-order valence-electron chi connectivity index (χ0n) is 10.9. The van der Waals surface area contributed by atoms with Crippen LogP contribution < -0.4 is 4.90 Å². The molecule has 1 aliphatic heterocycles. The van der Waals surface area contributed by atoms with Gasteiger partial charge in [-0.05, 0) is 30.7 Å². The fraction of sp³-hybridized carbons (Fsp3) is 0.125. The molecule has 1 heterocycles. The summed E-state index contributed by atoms with van der Waals surface area (Å²) in [6, 6.07) is 14.1. The highest BCUT2D eigenvalue weighted by Crippen LogP contribution is 2.38. The van der Waals surface area contributed by atoms with Crippen molar-refractivity contribution >= 4 is 17.6 Å². The maximum Gasteiger partial charge on any atom is 0.336 e. The first-order valence-electron chi connectivity index (χ1n) is 6.36. The number of anilines is 1. The predicted molar refractivity (Wildman–Crippen MR) is 75.1 cm³/mol. The second-order valence-electron chi connectivity index (χ2n) is 4.76. The topological polar surface area (TPSA) is 57.6 Å². The summed E-state index contributed by atoms with van der Waals surface area (Å²) in [7, 11) is 0. The summed E-state index contributed by atoms with van der Waals surface area (Å²) < 4.78 is 0. The van der Waals surface area contributed by atoms with Crippen molar-refractivity contribution in [3.63, 3.8) is 0 Å². The second-order valence-corrected chi connectivity index (χ2v) is 4.76. The van der Waals surface area contributed by atoms with Gasteiger partial charge >= 0.3 is 5.97 Å². The Labute approximate surface area is 116 Å². The van der Waals surface area contributed by atoms with Gasteiger partial charge in [0, 0.05) is 5.69 Å². The van der Waals surface area contributed by atoms with E-state index in [1.165, 1.54) is 6.07 Å². The second kappa shape index (κ2) is 4.49. The first kappa shape index (κ1) is 12.4. The number of para-hydroxylation sites is 1. The van der Waals surface area contributed by atoms with Crippen LogP contribution in [0.15, 0.2) is 48.5 Å². The predicted octanol–water partition coefficient (Wildman–Crippen LogP) is 3.11. The van der Waals surface area contributed by atoms with Crippen molar-refractivity contribution in [3.05, 3.63) is 65.2 Å². The van der Waals surface area contributed by atoms with Crippen LogP contribution in [0.1, 0.15) is 39.2 Å². The molecule has 1 N–H and O–H groups in total. The number of fused-ring (bicyclic) bond motifs is 1. The van der Waals surface area contributed by atoms with Crippen LogP contribution in [-0.4, -0.2) is 17.0 Å². The zero-order valence-corrected chi connectivity index (χ0v) is 10.9. The molecule has 1 amide bonds. The molecule has 0 saturated carbocycles. The minimum absolute atomic E-state index is 0.0674. The number of hydrogen-bond acceptors (Lipinski definition) is 2. The van der Waals surface area contributed by atoms with E-state index >= 15 is 0 Å². The number of rotatable bonds is 2. The molecule has 1 atom stereocenters. The normalized spacial score (nSPS) is 17.1. The van der Waals surface area contributed by atoms with Crippen molar-refractivity contribution in [1.29, 1.82) is 0 Å². The number of hydrogen-bond donors (Lipinski definition) is 1. The zero-order chi connectivity index (χ0) is 14.3. The van der Waals surface area contributed by atoms with Crippen molar-refractivity contribution in [2.75, 3.05) is 4.90 Å². The Balaban J connectivity index is 2.16. The number of carboxylic acid groups (broad SMARTS) is 1. The molecule has 0 aromatic heterocycles. The van der Waals surface area contributed by atoms with E-state index in [0.29, 0.717) is 5.56 Å². The number of aromatic carboxylic acids is 1. The van der Waals surface area contributed by atoms with Gasteiger partial charge in [-0.15, -0.1) is 0 Å². The lowest BCUT2D eigenvalue weighted by molar-refractivity contribution is 0.0692. The molecule has 0 aliphatic carbocycles. The van der Waals surface area contributed by atoms with E-state index in [2.05, 4.69) is 0 Å². The highest BCUT2D eigenvalue weighted by molar-refractivity contribution is 6.16. The number of carboxylic acids is 1.